The molecule has 28 heavy (non-hydrogen) atoms. The van der Waals surface area contributed by atoms with Crippen molar-refractivity contribution in [3.63, 3.8) is 0 Å². The fraction of sp³-hybridized carbons (Fsp3) is 0.0909. The molecule has 0 aliphatic rings. The van der Waals surface area contributed by atoms with E-state index in [0.29, 0.717) is 21.9 Å². The number of hydrogen-bond acceptors (Lipinski definition) is 5. The van der Waals surface area contributed by atoms with Crippen molar-refractivity contribution in [2.45, 2.75) is 17.1 Å². The minimum absolute atomic E-state index is 0.0629. The summed E-state index contributed by atoms with van der Waals surface area (Å²) < 4.78 is 11.5. The van der Waals surface area contributed by atoms with Crippen LogP contribution in [0, 0.1) is 0 Å². The number of ether oxygens (including phenoxy) is 1. The lowest BCUT2D eigenvalue weighted by Gasteiger charge is -2.15. The van der Waals surface area contributed by atoms with Gasteiger partial charge >= 0.3 is 0 Å². The molecule has 4 aromatic rings. The van der Waals surface area contributed by atoms with Crippen LogP contribution in [0.25, 0.3) is 0 Å². The highest BCUT2D eigenvalue weighted by molar-refractivity contribution is 7.99. The molecule has 0 saturated carbocycles. The van der Waals surface area contributed by atoms with Crippen LogP contribution in [-0.4, -0.2) is 10.2 Å². The molecular formula is C22H17ClN2O2S. The van der Waals surface area contributed by atoms with E-state index >= 15 is 0 Å². The van der Waals surface area contributed by atoms with Crippen molar-refractivity contribution < 1.29 is 9.15 Å². The van der Waals surface area contributed by atoms with Crippen LogP contribution < -0.4 is 4.74 Å². The second-order valence-electron chi connectivity index (χ2n) is 6.02. The average molecular weight is 409 g/mol. The second kappa shape index (κ2) is 8.95. The maximum atomic E-state index is 5.88. The highest BCUT2D eigenvalue weighted by Crippen LogP contribution is 2.39. The Hall–Kier alpha value is -2.76. The average Bonchev–Trinajstić information content (AvgIpc) is 3.20. The minimum Gasteiger partial charge on any atom is -0.484 e. The van der Waals surface area contributed by atoms with Crippen LogP contribution in [-0.2, 0) is 6.61 Å². The van der Waals surface area contributed by atoms with Gasteiger partial charge in [0.05, 0.1) is 5.25 Å². The molecule has 0 unspecified atom stereocenters. The lowest BCUT2D eigenvalue weighted by atomic mass is 10.0. The van der Waals surface area contributed by atoms with Gasteiger partial charge in [-0.25, -0.2) is 0 Å². The predicted molar refractivity (Wildman–Crippen MR) is 111 cm³/mol. The van der Waals surface area contributed by atoms with Crippen molar-refractivity contribution in [3.8, 4) is 5.75 Å². The summed E-state index contributed by atoms with van der Waals surface area (Å²) in [5.74, 6) is 1.13. The molecule has 140 valence electrons. The van der Waals surface area contributed by atoms with Gasteiger partial charge in [0, 0.05) is 5.02 Å². The number of nitrogens with zero attached hydrogens (tertiary/aromatic N) is 2. The van der Waals surface area contributed by atoms with E-state index in [4.69, 9.17) is 20.8 Å². The molecule has 0 radical (unpaired) electrons. The van der Waals surface area contributed by atoms with E-state index in [0.717, 1.165) is 0 Å². The summed E-state index contributed by atoms with van der Waals surface area (Å²) in [5, 5.41) is 9.51. The first kappa shape index (κ1) is 18.6. The minimum atomic E-state index is 0.0629. The topological polar surface area (TPSA) is 48.2 Å². The quantitative estimate of drug-likeness (QED) is 0.341. The summed E-state index contributed by atoms with van der Waals surface area (Å²) in [6.45, 7) is 0.205. The van der Waals surface area contributed by atoms with Crippen molar-refractivity contribution in [1.82, 2.24) is 10.2 Å². The number of thioether (sulfide) groups is 1. The third-order valence-corrected chi connectivity index (χ3v) is 5.45. The van der Waals surface area contributed by atoms with Gasteiger partial charge in [0.1, 0.15) is 5.75 Å². The largest absolute Gasteiger partial charge is 0.484 e. The fourth-order valence-electron chi connectivity index (χ4n) is 2.71. The van der Waals surface area contributed by atoms with Crippen LogP contribution in [0.5, 0.6) is 5.75 Å². The van der Waals surface area contributed by atoms with E-state index in [1.54, 1.807) is 24.3 Å². The molecule has 0 spiro atoms. The second-order valence-corrected chi connectivity index (χ2v) is 7.52. The van der Waals surface area contributed by atoms with Gasteiger partial charge in [-0.2, -0.15) is 0 Å². The van der Waals surface area contributed by atoms with Crippen molar-refractivity contribution in [2.75, 3.05) is 0 Å². The van der Waals surface area contributed by atoms with Gasteiger partial charge in [0.15, 0.2) is 6.61 Å². The summed E-state index contributed by atoms with van der Waals surface area (Å²) in [5.41, 5.74) is 2.35. The predicted octanol–water partition coefficient (Wildman–Crippen LogP) is 6.18. The molecule has 4 rings (SSSR count). The van der Waals surface area contributed by atoms with E-state index in [-0.39, 0.29) is 11.9 Å². The van der Waals surface area contributed by atoms with Gasteiger partial charge in [0.25, 0.3) is 11.1 Å². The Bertz CT molecular complexity index is 968. The molecule has 1 aromatic heterocycles. The molecular weight excluding hydrogens is 392 g/mol. The smallest absolute Gasteiger partial charge is 0.277 e. The summed E-state index contributed by atoms with van der Waals surface area (Å²) >= 11 is 7.41. The Labute approximate surface area is 172 Å². The first-order valence-electron chi connectivity index (χ1n) is 8.75. The highest BCUT2D eigenvalue weighted by Gasteiger charge is 2.19. The van der Waals surface area contributed by atoms with Gasteiger partial charge in [-0.3, -0.25) is 0 Å². The third-order valence-electron chi connectivity index (χ3n) is 4.05. The lowest BCUT2D eigenvalue weighted by Crippen LogP contribution is -1.96. The summed E-state index contributed by atoms with van der Waals surface area (Å²) in [6.07, 6.45) is 0. The Morgan fingerprint density at radius 2 is 1.43 bits per heavy atom. The first-order valence-corrected chi connectivity index (χ1v) is 10.0. The van der Waals surface area contributed by atoms with Crippen LogP contribution in [0.15, 0.2) is 94.6 Å². The Balaban J connectivity index is 1.48. The zero-order chi connectivity index (χ0) is 19.2. The van der Waals surface area contributed by atoms with Crippen LogP contribution in [0.2, 0.25) is 5.02 Å². The molecule has 6 heteroatoms. The molecule has 4 nitrogen and oxygen atoms in total. The zero-order valence-electron chi connectivity index (χ0n) is 14.9. The van der Waals surface area contributed by atoms with Crippen LogP contribution in [0.1, 0.15) is 22.3 Å². The summed E-state index contributed by atoms with van der Waals surface area (Å²) in [7, 11) is 0. The number of aromatic nitrogens is 2. The van der Waals surface area contributed by atoms with Gasteiger partial charge in [-0.05, 0) is 35.4 Å². The van der Waals surface area contributed by atoms with E-state index in [9.17, 15) is 0 Å². The van der Waals surface area contributed by atoms with E-state index in [1.165, 1.54) is 22.9 Å². The van der Waals surface area contributed by atoms with Crippen LogP contribution in [0.4, 0.5) is 0 Å². The standard InChI is InChI=1S/C22H17ClN2O2S/c23-18-11-13-19(14-12-18)26-15-20-24-25-22(27-20)28-21(16-7-3-1-4-8-16)17-9-5-2-6-10-17/h1-14,21H,15H2. The molecule has 1 heterocycles. The molecule has 0 N–H and O–H groups in total. The Kier molecular flexibility index (Phi) is 5.95. The number of halogens is 1. The van der Waals surface area contributed by atoms with Crippen molar-refractivity contribution in [3.05, 3.63) is 107 Å². The molecule has 0 fully saturated rings. The zero-order valence-corrected chi connectivity index (χ0v) is 16.4. The van der Waals surface area contributed by atoms with Gasteiger partial charge in [-0.15, -0.1) is 10.2 Å². The molecule has 0 atom stereocenters. The van der Waals surface area contributed by atoms with Crippen molar-refractivity contribution in [1.29, 1.82) is 0 Å². The molecule has 0 bridgehead atoms. The molecule has 0 saturated heterocycles. The third kappa shape index (κ3) is 4.74. The van der Waals surface area contributed by atoms with E-state index in [2.05, 4.69) is 34.5 Å². The first-order chi connectivity index (χ1) is 13.8. The van der Waals surface area contributed by atoms with Crippen LogP contribution >= 0.6 is 23.4 Å². The van der Waals surface area contributed by atoms with Gasteiger partial charge in [-0.1, -0.05) is 84.0 Å². The molecule has 0 aliphatic heterocycles. The summed E-state index contributed by atoms with van der Waals surface area (Å²) in [6, 6.07) is 27.7. The van der Waals surface area contributed by atoms with E-state index < -0.39 is 0 Å². The Morgan fingerprint density at radius 3 is 2.04 bits per heavy atom. The molecule has 0 amide bonds. The maximum absolute atomic E-state index is 5.88. The molecule has 0 aliphatic carbocycles. The van der Waals surface area contributed by atoms with Crippen molar-refractivity contribution in [2.24, 2.45) is 0 Å². The normalized spacial score (nSPS) is 10.9. The SMILES string of the molecule is Clc1ccc(OCc2nnc(SC(c3ccccc3)c3ccccc3)o2)cc1. The lowest BCUT2D eigenvalue weighted by molar-refractivity contribution is 0.252. The Morgan fingerprint density at radius 1 is 0.821 bits per heavy atom. The van der Waals surface area contributed by atoms with Gasteiger partial charge in [0.2, 0.25) is 0 Å². The fourth-order valence-corrected chi connectivity index (χ4v) is 3.85. The highest BCUT2D eigenvalue weighted by atomic mass is 35.5. The van der Waals surface area contributed by atoms with E-state index in [1.807, 2.05) is 36.4 Å². The van der Waals surface area contributed by atoms with Gasteiger partial charge < -0.3 is 9.15 Å². The molecule has 3 aromatic carbocycles. The van der Waals surface area contributed by atoms with Crippen LogP contribution in [0.3, 0.4) is 0 Å². The number of benzene rings is 3. The number of rotatable bonds is 7. The number of hydrogen-bond donors (Lipinski definition) is 0. The monoisotopic (exact) mass is 408 g/mol. The maximum Gasteiger partial charge on any atom is 0.277 e. The summed E-state index contributed by atoms with van der Waals surface area (Å²) in [4.78, 5) is 0. The van der Waals surface area contributed by atoms with Crippen molar-refractivity contribution >= 4 is 23.4 Å².